The minimum Gasteiger partial charge on any atom is -0.479 e. The van der Waals surface area contributed by atoms with E-state index in [9.17, 15) is 22.8 Å². The van der Waals surface area contributed by atoms with Crippen LogP contribution < -0.4 is 14.9 Å². The molecule has 6 nitrogen and oxygen atoms in total. The van der Waals surface area contributed by atoms with Gasteiger partial charge in [0.15, 0.2) is 6.10 Å². The maximum absolute atomic E-state index is 13.7. The lowest BCUT2D eigenvalue weighted by atomic mass is 10.1. The number of hydrogen-bond acceptors (Lipinski definition) is 6. The van der Waals surface area contributed by atoms with Gasteiger partial charge in [-0.1, -0.05) is 12.1 Å². The van der Waals surface area contributed by atoms with Gasteiger partial charge in [0.1, 0.15) is 17.1 Å². The molecule has 1 atom stereocenters. The lowest BCUT2D eigenvalue weighted by molar-refractivity contribution is -0.154. The summed E-state index contributed by atoms with van der Waals surface area (Å²) in [7, 11) is 0. The zero-order chi connectivity index (χ0) is 23.6. The van der Waals surface area contributed by atoms with Crippen molar-refractivity contribution in [2.24, 2.45) is 0 Å². The third-order valence-electron chi connectivity index (χ3n) is 4.57. The van der Waals surface area contributed by atoms with E-state index < -0.39 is 35.2 Å². The van der Waals surface area contributed by atoms with Crippen LogP contribution in [0.5, 0.6) is 17.2 Å². The molecule has 0 bridgehead atoms. The summed E-state index contributed by atoms with van der Waals surface area (Å²) < 4.78 is 61.9. The second kappa shape index (κ2) is 8.94. The highest BCUT2D eigenvalue weighted by Crippen LogP contribution is 2.39. The van der Waals surface area contributed by atoms with Crippen molar-refractivity contribution in [3.63, 3.8) is 0 Å². The van der Waals surface area contributed by atoms with Crippen molar-refractivity contribution in [2.75, 3.05) is 6.61 Å². The second-order valence-corrected chi connectivity index (χ2v) is 7.13. The van der Waals surface area contributed by atoms with E-state index in [0.29, 0.717) is 5.56 Å². The highest BCUT2D eigenvalue weighted by Gasteiger charge is 2.40. The summed E-state index contributed by atoms with van der Waals surface area (Å²) in [6.45, 7) is 6.61. The van der Waals surface area contributed by atoms with Crippen LogP contribution in [-0.2, 0) is 15.7 Å². The Bertz CT molecular complexity index is 1210. The summed E-state index contributed by atoms with van der Waals surface area (Å²) in [5, 5.41) is -0.130. The first kappa shape index (κ1) is 23.2. The fraction of sp³-hybridized carbons (Fsp3) is 0.304. The Labute approximate surface area is 181 Å². The molecule has 0 saturated carbocycles. The van der Waals surface area contributed by atoms with Gasteiger partial charge in [0, 0.05) is 6.07 Å². The molecule has 0 aliphatic carbocycles. The smallest absolute Gasteiger partial charge is 0.453 e. The van der Waals surface area contributed by atoms with Crippen molar-refractivity contribution in [1.82, 2.24) is 0 Å². The van der Waals surface area contributed by atoms with Crippen LogP contribution in [0.25, 0.3) is 11.0 Å². The van der Waals surface area contributed by atoms with E-state index in [0.717, 1.165) is 11.6 Å². The van der Waals surface area contributed by atoms with Crippen LogP contribution >= 0.6 is 0 Å². The number of benzene rings is 2. The molecule has 0 unspecified atom stereocenters. The minimum absolute atomic E-state index is 0.0394. The van der Waals surface area contributed by atoms with Crippen LogP contribution in [-0.4, -0.2) is 18.7 Å². The van der Waals surface area contributed by atoms with E-state index in [-0.39, 0.29) is 29.1 Å². The van der Waals surface area contributed by atoms with Gasteiger partial charge in [0.25, 0.3) is 5.76 Å². The quantitative estimate of drug-likeness (QED) is 0.459. The average Bonchev–Trinajstić information content (AvgIpc) is 2.71. The van der Waals surface area contributed by atoms with Gasteiger partial charge < -0.3 is 18.6 Å². The van der Waals surface area contributed by atoms with Crippen LogP contribution in [0.4, 0.5) is 13.2 Å². The molecule has 2 aromatic carbocycles. The molecular formula is C23H21F3O6. The Balaban J connectivity index is 2.09. The number of aryl methyl sites for hydroxylation is 2. The molecule has 0 radical (unpaired) electrons. The highest BCUT2D eigenvalue weighted by molar-refractivity contribution is 5.80. The van der Waals surface area contributed by atoms with E-state index in [1.165, 1.54) is 25.1 Å². The molecule has 0 spiro atoms. The van der Waals surface area contributed by atoms with Crippen LogP contribution in [0, 0.1) is 13.8 Å². The second-order valence-electron chi connectivity index (χ2n) is 7.13. The van der Waals surface area contributed by atoms with Gasteiger partial charge in [-0.25, -0.2) is 4.79 Å². The Morgan fingerprint density at radius 2 is 1.84 bits per heavy atom. The molecular weight excluding hydrogens is 429 g/mol. The number of halogens is 3. The summed E-state index contributed by atoms with van der Waals surface area (Å²) in [6.07, 6.45) is -6.00. The highest BCUT2D eigenvalue weighted by atomic mass is 19.4. The molecule has 0 N–H and O–H groups in total. The number of rotatable bonds is 6. The fourth-order valence-electron chi connectivity index (χ4n) is 2.95. The van der Waals surface area contributed by atoms with Crippen molar-refractivity contribution in [1.29, 1.82) is 0 Å². The van der Waals surface area contributed by atoms with Gasteiger partial charge >= 0.3 is 12.1 Å². The number of alkyl halides is 3. The number of hydrogen-bond donors (Lipinski definition) is 0. The standard InChI is InChI=1S/C23H21F3O6/c1-5-29-22(28)14(4)30-15-8-9-16-18(11-15)32-21(23(24,25)26)20(19(16)27)31-17-10-12(2)6-7-13(17)3/h6-11,14H,5H2,1-4H3/t14-/m1/s1. The molecule has 1 aromatic heterocycles. The summed E-state index contributed by atoms with van der Waals surface area (Å²) in [5.41, 5.74) is -0.0320. The first-order valence-electron chi connectivity index (χ1n) is 9.77. The summed E-state index contributed by atoms with van der Waals surface area (Å²) in [6, 6.07) is 8.70. The van der Waals surface area contributed by atoms with E-state index in [1.807, 2.05) is 0 Å². The largest absolute Gasteiger partial charge is 0.479 e. The van der Waals surface area contributed by atoms with Crippen molar-refractivity contribution >= 4 is 16.9 Å². The normalized spacial score (nSPS) is 12.5. The summed E-state index contributed by atoms with van der Waals surface area (Å²) in [5.74, 6) is -3.00. The lowest BCUT2D eigenvalue weighted by Gasteiger charge is -2.16. The Morgan fingerprint density at radius 3 is 2.50 bits per heavy atom. The lowest BCUT2D eigenvalue weighted by Crippen LogP contribution is -2.26. The van der Waals surface area contributed by atoms with Gasteiger partial charge in [-0.05, 0) is 57.0 Å². The monoisotopic (exact) mass is 450 g/mol. The van der Waals surface area contributed by atoms with Crippen LogP contribution in [0.15, 0.2) is 45.6 Å². The van der Waals surface area contributed by atoms with Crippen molar-refractivity contribution in [3.8, 4) is 17.2 Å². The molecule has 170 valence electrons. The van der Waals surface area contributed by atoms with E-state index in [1.54, 1.807) is 32.9 Å². The molecule has 32 heavy (non-hydrogen) atoms. The van der Waals surface area contributed by atoms with E-state index in [4.69, 9.17) is 18.6 Å². The van der Waals surface area contributed by atoms with Crippen LogP contribution in [0.3, 0.4) is 0 Å². The SMILES string of the molecule is CCOC(=O)[C@@H](C)Oc1ccc2c(=O)c(Oc3cc(C)ccc3C)c(C(F)(F)F)oc2c1. The van der Waals surface area contributed by atoms with Gasteiger partial charge in [-0.3, -0.25) is 4.79 Å². The van der Waals surface area contributed by atoms with Gasteiger partial charge in [0.2, 0.25) is 11.2 Å². The van der Waals surface area contributed by atoms with Gasteiger partial charge in [-0.2, -0.15) is 13.2 Å². The van der Waals surface area contributed by atoms with Crippen molar-refractivity contribution < 1.29 is 36.6 Å². The number of carbonyl (C=O) groups is 1. The maximum atomic E-state index is 13.7. The third-order valence-corrected chi connectivity index (χ3v) is 4.57. The third kappa shape index (κ3) is 4.87. The number of ether oxygens (including phenoxy) is 3. The predicted molar refractivity (Wildman–Crippen MR) is 110 cm³/mol. The molecule has 9 heteroatoms. The minimum atomic E-state index is -4.99. The van der Waals surface area contributed by atoms with Gasteiger partial charge in [0.05, 0.1) is 12.0 Å². The first-order chi connectivity index (χ1) is 15.0. The summed E-state index contributed by atoms with van der Waals surface area (Å²) in [4.78, 5) is 24.7. The van der Waals surface area contributed by atoms with Crippen molar-refractivity contribution in [2.45, 2.75) is 40.0 Å². The van der Waals surface area contributed by atoms with Crippen LogP contribution in [0.2, 0.25) is 0 Å². The molecule has 0 aliphatic rings. The zero-order valence-electron chi connectivity index (χ0n) is 17.8. The fourth-order valence-corrected chi connectivity index (χ4v) is 2.95. The molecule has 3 rings (SSSR count). The Hall–Kier alpha value is -3.49. The van der Waals surface area contributed by atoms with Crippen LogP contribution in [0.1, 0.15) is 30.7 Å². The average molecular weight is 450 g/mol. The number of fused-ring (bicyclic) bond motifs is 1. The Kier molecular flexibility index (Phi) is 6.47. The molecule has 3 aromatic rings. The zero-order valence-corrected chi connectivity index (χ0v) is 17.8. The van der Waals surface area contributed by atoms with E-state index >= 15 is 0 Å². The van der Waals surface area contributed by atoms with Gasteiger partial charge in [-0.15, -0.1) is 0 Å². The maximum Gasteiger partial charge on any atom is 0.453 e. The van der Waals surface area contributed by atoms with Crippen molar-refractivity contribution in [3.05, 3.63) is 63.5 Å². The summed E-state index contributed by atoms with van der Waals surface area (Å²) >= 11 is 0. The number of esters is 1. The molecule has 0 amide bonds. The van der Waals surface area contributed by atoms with E-state index in [2.05, 4.69) is 0 Å². The molecule has 0 aliphatic heterocycles. The number of carbonyl (C=O) groups excluding carboxylic acids is 1. The molecule has 0 saturated heterocycles. The Morgan fingerprint density at radius 1 is 1.12 bits per heavy atom. The molecule has 0 fully saturated rings. The first-order valence-corrected chi connectivity index (χ1v) is 9.77. The topological polar surface area (TPSA) is 75.0 Å². The molecule has 1 heterocycles. The predicted octanol–water partition coefficient (Wildman–Crippen LogP) is 5.55.